The van der Waals surface area contributed by atoms with Gasteiger partial charge in [-0.05, 0) is 50.1 Å². The van der Waals surface area contributed by atoms with Gasteiger partial charge in [-0.25, -0.2) is 0 Å². The standard InChI is InChI=1S/C16H27NO/c1-14-4-3-5-15(12-14)6-9-17-10-7-16(2,13-18)8-11-17/h3-5,14,18H,6-13H2,1-2H3. The highest BCUT2D eigenvalue weighted by molar-refractivity contribution is 5.19. The molecular formula is C16H27NO. The number of likely N-dealkylation sites (tertiary alicyclic amines) is 1. The Bertz CT molecular complexity index is 324. The molecule has 2 rings (SSSR count). The first-order valence-electron chi connectivity index (χ1n) is 7.31. The number of allylic oxidation sites excluding steroid dienone is 3. The largest absolute Gasteiger partial charge is 0.396 e. The van der Waals surface area contributed by atoms with Gasteiger partial charge in [0.05, 0.1) is 0 Å². The van der Waals surface area contributed by atoms with Gasteiger partial charge in [-0.3, -0.25) is 0 Å². The Balaban J connectivity index is 1.73. The summed E-state index contributed by atoms with van der Waals surface area (Å²) in [5.41, 5.74) is 1.78. The van der Waals surface area contributed by atoms with E-state index in [4.69, 9.17) is 0 Å². The molecule has 0 saturated carbocycles. The average molecular weight is 249 g/mol. The predicted octanol–water partition coefficient (Wildman–Crippen LogP) is 2.99. The molecule has 0 radical (unpaired) electrons. The number of aliphatic hydroxyl groups is 1. The van der Waals surface area contributed by atoms with E-state index in [9.17, 15) is 5.11 Å². The van der Waals surface area contributed by atoms with Gasteiger partial charge in [0.2, 0.25) is 0 Å². The second-order valence-electron chi connectivity index (χ2n) is 6.45. The zero-order valence-corrected chi connectivity index (χ0v) is 11.9. The summed E-state index contributed by atoms with van der Waals surface area (Å²) in [6.45, 7) is 8.32. The Morgan fingerprint density at radius 1 is 1.39 bits per heavy atom. The lowest BCUT2D eigenvalue weighted by molar-refractivity contribution is 0.0591. The zero-order chi connectivity index (χ0) is 13.0. The molecule has 102 valence electrons. The van der Waals surface area contributed by atoms with E-state index in [-0.39, 0.29) is 5.41 Å². The first-order valence-corrected chi connectivity index (χ1v) is 7.31. The van der Waals surface area contributed by atoms with Gasteiger partial charge in [0, 0.05) is 13.2 Å². The van der Waals surface area contributed by atoms with Gasteiger partial charge < -0.3 is 10.0 Å². The summed E-state index contributed by atoms with van der Waals surface area (Å²) in [7, 11) is 0. The third-order valence-corrected chi connectivity index (χ3v) is 4.55. The SMILES string of the molecule is CC1C=CC=C(CCN2CCC(C)(CO)CC2)C1. The minimum absolute atomic E-state index is 0.178. The second kappa shape index (κ2) is 6.03. The molecule has 1 fully saturated rings. The Kier molecular flexibility index (Phi) is 4.63. The highest BCUT2D eigenvalue weighted by Gasteiger charge is 2.29. The van der Waals surface area contributed by atoms with Crippen LogP contribution in [0.15, 0.2) is 23.8 Å². The molecule has 1 aliphatic heterocycles. The monoisotopic (exact) mass is 249 g/mol. The van der Waals surface area contributed by atoms with Crippen molar-refractivity contribution >= 4 is 0 Å². The molecule has 2 aliphatic rings. The summed E-state index contributed by atoms with van der Waals surface area (Å²) in [4.78, 5) is 2.56. The van der Waals surface area contributed by atoms with Crippen molar-refractivity contribution in [3.63, 3.8) is 0 Å². The number of hydrogen-bond acceptors (Lipinski definition) is 2. The van der Waals surface area contributed by atoms with E-state index in [1.807, 2.05) is 0 Å². The van der Waals surface area contributed by atoms with Gasteiger partial charge in [-0.15, -0.1) is 0 Å². The fourth-order valence-corrected chi connectivity index (χ4v) is 2.89. The van der Waals surface area contributed by atoms with Crippen LogP contribution < -0.4 is 0 Å². The van der Waals surface area contributed by atoms with Crippen molar-refractivity contribution in [3.05, 3.63) is 23.8 Å². The fourth-order valence-electron chi connectivity index (χ4n) is 2.89. The third kappa shape index (κ3) is 3.69. The topological polar surface area (TPSA) is 23.5 Å². The quantitative estimate of drug-likeness (QED) is 0.828. The fraction of sp³-hybridized carbons (Fsp3) is 0.750. The first kappa shape index (κ1) is 13.8. The number of piperidine rings is 1. The van der Waals surface area contributed by atoms with Gasteiger partial charge in [0.1, 0.15) is 0 Å². The van der Waals surface area contributed by atoms with Crippen molar-refractivity contribution in [1.82, 2.24) is 4.90 Å². The summed E-state index contributed by atoms with van der Waals surface area (Å²) in [5.74, 6) is 0.712. The first-order chi connectivity index (χ1) is 8.61. The van der Waals surface area contributed by atoms with E-state index in [1.54, 1.807) is 5.57 Å². The van der Waals surface area contributed by atoms with Crippen molar-refractivity contribution < 1.29 is 5.11 Å². The van der Waals surface area contributed by atoms with Crippen molar-refractivity contribution in [1.29, 1.82) is 0 Å². The van der Waals surface area contributed by atoms with Crippen LogP contribution in [0.2, 0.25) is 0 Å². The predicted molar refractivity (Wildman–Crippen MR) is 76.5 cm³/mol. The maximum Gasteiger partial charge on any atom is 0.0485 e. The van der Waals surface area contributed by atoms with E-state index in [0.29, 0.717) is 12.5 Å². The Morgan fingerprint density at radius 2 is 2.11 bits per heavy atom. The Labute approximate surface area is 111 Å². The average Bonchev–Trinajstić information content (AvgIpc) is 2.38. The van der Waals surface area contributed by atoms with Crippen molar-refractivity contribution in [2.24, 2.45) is 11.3 Å². The molecule has 2 nitrogen and oxygen atoms in total. The van der Waals surface area contributed by atoms with Crippen molar-refractivity contribution in [2.75, 3.05) is 26.2 Å². The molecule has 1 aliphatic carbocycles. The van der Waals surface area contributed by atoms with Gasteiger partial charge in [0.15, 0.2) is 0 Å². The van der Waals surface area contributed by atoms with Crippen molar-refractivity contribution in [2.45, 2.75) is 39.5 Å². The molecule has 0 bridgehead atoms. The molecule has 1 N–H and O–H groups in total. The molecule has 0 amide bonds. The minimum atomic E-state index is 0.178. The van der Waals surface area contributed by atoms with Crippen LogP contribution in [0.25, 0.3) is 0 Å². The van der Waals surface area contributed by atoms with Crippen LogP contribution in [0, 0.1) is 11.3 Å². The second-order valence-corrected chi connectivity index (χ2v) is 6.45. The Morgan fingerprint density at radius 3 is 2.72 bits per heavy atom. The molecular weight excluding hydrogens is 222 g/mol. The van der Waals surface area contributed by atoms with Gasteiger partial charge in [0.25, 0.3) is 0 Å². The normalized spacial score (nSPS) is 28.2. The molecule has 0 aromatic heterocycles. The summed E-state index contributed by atoms with van der Waals surface area (Å²) in [6, 6.07) is 0. The summed E-state index contributed by atoms with van der Waals surface area (Å²) in [6.07, 6.45) is 11.5. The van der Waals surface area contributed by atoms with Gasteiger partial charge >= 0.3 is 0 Å². The van der Waals surface area contributed by atoms with Crippen LogP contribution in [0.3, 0.4) is 0 Å². The molecule has 2 heteroatoms. The van der Waals surface area contributed by atoms with E-state index in [0.717, 1.165) is 25.9 Å². The Hall–Kier alpha value is -0.600. The summed E-state index contributed by atoms with van der Waals surface area (Å²) >= 11 is 0. The molecule has 18 heavy (non-hydrogen) atoms. The molecule has 0 aromatic carbocycles. The third-order valence-electron chi connectivity index (χ3n) is 4.55. The van der Waals surface area contributed by atoms with Crippen LogP contribution >= 0.6 is 0 Å². The lowest BCUT2D eigenvalue weighted by Crippen LogP contribution is -2.40. The number of hydrogen-bond donors (Lipinski definition) is 1. The summed E-state index contributed by atoms with van der Waals surface area (Å²) < 4.78 is 0. The van der Waals surface area contributed by atoms with Crippen LogP contribution in [0.4, 0.5) is 0 Å². The van der Waals surface area contributed by atoms with E-state index in [1.165, 1.54) is 19.4 Å². The molecule has 0 aromatic rings. The molecule has 1 atom stereocenters. The van der Waals surface area contributed by atoms with Crippen LogP contribution in [-0.2, 0) is 0 Å². The van der Waals surface area contributed by atoms with Gasteiger partial charge in [-0.1, -0.05) is 37.6 Å². The minimum Gasteiger partial charge on any atom is -0.396 e. The van der Waals surface area contributed by atoms with Crippen LogP contribution in [0.5, 0.6) is 0 Å². The summed E-state index contributed by atoms with van der Waals surface area (Å²) in [5, 5.41) is 9.36. The van der Waals surface area contributed by atoms with Crippen molar-refractivity contribution in [3.8, 4) is 0 Å². The molecule has 1 saturated heterocycles. The number of nitrogens with zero attached hydrogens (tertiary/aromatic N) is 1. The lowest BCUT2D eigenvalue weighted by Gasteiger charge is -2.38. The number of aliphatic hydroxyl groups excluding tert-OH is 1. The van der Waals surface area contributed by atoms with Gasteiger partial charge in [-0.2, -0.15) is 0 Å². The highest BCUT2D eigenvalue weighted by Crippen LogP contribution is 2.30. The van der Waals surface area contributed by atoms with E-state index in [2.05, 4.69) is 37.0 Å². The highest BCUT2D eigenvalue weighted by atomic mass is 16.3. The van der Waals surface area contributed by atoms with Crippen LogP contribution in [0.1, 0.15) is 39.5 Å². The zero-order valence-electron chi connectivity index (χ0n) is 11.9. The van der Waals surface area contributed by atoms with Crippen LogP contribution in [-0.4, -0.2) is 36.2 Å². The van der Waals surface area contributed by atoms with E-state index >= 15 is 0 Å². The maximum atomic E-state index is 9.36. The molecule has 1 unspecified atom stereocenters. The lowest BCUT2D eigenvalue weighted by atomic mass is 9.81. The smallest absolute Gasteiger partial charge is 0.0485 e. The maximum absolute atomic E-state index is 9.36. The number of rotatable bonds is 4. The molecule has 0 spiro atoms. The molecule has 1 heterocycles. The van der Waals surface area contributed by atoms with E-state index < -0.39 is 0 Å².